The second-order valence-corrected chi connectivity index (χ2v) is 7.21. The monoisotopic (exact) mass is 389 g/mol. The summed E-state index contributed by atoms with van der Waals surface area (Å²) < 4.78 is 5.40. The number of nitrogens with zero attached hydrogens (tertiary/aromatic N) is 3. The summed E-state index contributed by atoms with van der Waals surface area (Å²) in [4.78, 5) is 9.68. The lowest BCUT2D eigenvalue weighted by molar-refractivity contribution is 0.0376. The maximum Gasteiger partial charge on any atom is 0.191 e. The van der Waals surface area contributed by atoms with E-state index in [9.17, 15) is 0 Å². The van der Waals surface area contributed by atoms with Crippen molar-refractivity contribution in [3.05, 3.63) is 35.4 Å². The number of benzene rings is 1. The summed E-state index contributed by atoms with van der Waals surface area (Å²) in [7, 11) is 0. The molecular weight excluding hydrogens is 350 g/mol. The highest BCUT2D eigenvalue weighted by molar-refractivity contribution is 5.79. The number of rotatable bonds is 11. The standard InChI is InChI=1S/C22H39N5O/c1-4-23-22(24-11-8-12-27-13-15-28-16-14-27)25-18-20-9-7-10-21(17-20)19-26(5-2)6-3/h7,9-10,17H,4-6,8,11-16,18-19H2,1-3H3,(H2,23,24,25). The first-order valence-electron chi connectivity index (χ1n) is 10.9. The van der Waals surface area contributed by atoms with Gasteiger partial charge in [0.25, 0.3) is 0 Å². The fraction of sp³-hybridized carbons (Fsp3) is 0.682. The molecule has 0 aliphatic carbocycles. The summed E-state index contributed by atoms with van der Waals surface area (Å²) in [5, 5.41) is 6.82. The third-order valence-corrected chi connectivity index (χ3v) is 5.10. The molecule has 0 unspecified atom stereocenters. The Hall–Kier alpha value is -1.63. The molecule has 1 aromatic rings. The number of nitrogens with one attached hydrogen (secondary N) is 2. The molecule has 1 heterocycles. The Bertz CT molecular complexity index is 568. The lowest BCUT2D eigenvalue weighted by Crippen LogP contribution is -2.40. The summed E-state index contributed by atoms with van der Waals surface area (Å²) in [6, 6.07) is 8.80. The van der Waals surface area contributed by atoms with E-state index in [4.69, 9.17) is 9.73 Å². The maximum absolute atomic E-state index is 5.40. The Morgan fingerprint density at radius 2 is 1.86 bits per heavy atom. The van der Waals surface area contributed by atoms with Gasteiger partial charge in [-0.25, -0.2) is 4.99 Å². The third kappa shape index (κ3) is 8.59. The number of hydrogen-bond acceptors (Lipinski definition) is 4. The Labute approximate surface area is 171 Å². The summed E-state index contributed by atoms with van der Waals surface area (Å²) in [5.74, 6) is 0.902. The van der Waals surface area contributed by atoms with Gasteiger partial charge >= 0.3 is 0 Å². The van der Waals surface area contributed by atoms with Gasteiger partial charge in [-0.3, -0.25) is 9.80 Å². The van der Waals surface area contributed by atoms with Gasteiger partial charge in [0.05, 0.1) is 19.8 Å². The number of morpholine rings is 1. The third-order valence-electron chi connectivity index (χ3n) is 5.10. The van der Waals surface area contributed by atoms with Gasteiger partial charge in [0.2, 0.25) is 0 Å². The second-order valence-electron chi connectivity index (χ2n) is 7.21. The molecule has 6 nitrogen and oxygen atoms in total. The quantitative estimate of drug-likeness (QED) is 0.346. The van der Waals surface area contributed by atoms with Gasteiger partial charge in [0.1, 0.15) is 0 Å². The van der Waals surface area contributed by atoms with E-state index in [0.29, 0.717) is 6.54 Å². The zero-order valence-corrected chi connectivity index (χ0v) is 18.0. The molecule has 1 aliphatic heterocycles. The van der Waals surface area contributed by atoms with E-state index in [0.717, 1.165) is 78.0 Å². The molecule has 0 spiro atoms. The van der Waals surface area contributed by atoms with Crippen molar-refractivity contribution in [3.8, 4) is 0 Å². The number of guanidine groups is 1. The number of hydrogen-bond donors (Lipinski definition) is 2. The van der Waals surface area contributed by atoms with Crippen LogP contribution in [-0.2, 0) is 17.8 Å². The van der Waals surface area contributed by atoms with Crippen molar-refractivity contribution in [2.24, 2.45) is 4.99 Å². The molecule has 1 fully saturated rings. The van der Waals surface area contributed by atoms with Crippen LogP contribution in [0.2, 0.25) is 0 Å². The van der Waals surface area contributed by atoms with Crippen molar-refractivity contribution in [1.29, 1.82) is 0 Å². The van der Waals surface area contributed by atoms with Crippen LogP contribution in [0.15, 0.2) is 29.3 Å². The summed E-state index contributed by atoms with van der Waals surface area (Å²) in [6.07, 6.45) is 1.11. The van der Waals surface area contributed by atoms with Crippen LogP contribution in [0.1, 0.15) is 38.3 Å². The summed E-state index contributed by atoms with van der Waals surface area (Å²) in [5.41, 5.74) is 2.62. The zero-order valence-electron chi connectivity index (χ0n) is 18.0. The normalized spacial score (nSPS) is 15.8. The van der Waals surface area contributed by atoms with Gasteiger partial charge < -0.3 is 15.4 Å². The molecule has 0 bridgehead atoms. The van der Waals surface area contributed by atoms with Gasteiger partial charge in [0.15, 0.2) is 5.96 Å². The molecule has 28 heavy (non-hydrogen) atoms. The summed E-state index contributed by atoms with van der Waals surface area (Å²) in [6.45, 7) is 17.2. The summed E-state index contributed by atoms with van der Waals surface area (Å²) >= 11 is 0. The van der Waals surface area contributed by atoms with Crippen LogP contribution >= 0.6 is 0 Å². The molecule has 158 valence electrons. The minimum Gasteiger partial charge on any atom is -0.379 e. The number of ether oxygens (including phenoxy) is 1. The molecule has 0 amide bonds. The predicted molar refractivity (Wildman–Crippen MR) is 118 cm³/mol. The van der Waals surface area contributed by atoms with Gasteiger partial charge in [-0.05, 0) is 44.1 Å². The van der Waals surface area contributed by atoms with Crippen LogP contribution in [0.5, 0.6) is 0 Å². The molecule has 1 aliphatic rings. The first kappa shape index (κ1) is 22.7. The zero-order chi connectivity index (χ0) is 20.0. The maximum atomic E-state index is 5.40. The van der Waals surface area contributed by atoms with E-state index in [2.05, 4.69) is 65.5 Å². The highest BCUT2D eigenvalue weighted by Crippen LogP contribution is 2.09. The molecule has 0 aromatic heterocycles. The molecule has 2 rings (SSSR count). The van der Waals surface area contributed by atoms with Gasteiger partial charge in [-0.1, -0.05) is 38.1 Å². The lowest BCUT2D eigenvalue weighted by Gasteiger charge is -2.26. The fourth-order valence-electron chi connectivity index (χ4n) is 3.38. The van der Waals surface area contributed by atoms with Crippen LogP contribution in [0.4, 0.5) is 0 Å². The van der Waals surface area contributed by atoms with Crippen molar-refractivity contribution < 1.29 is 4.74 Å². The molecule has 0 atom stereocenters. The Morgan fingerprint density at radius 1 is 1.11 bits per heavy atom. The molecule has 0 radical (unpaired) electrons. The van der Waals surface area contributed by atoms with Crippen molar-refractivity contribution in [2.75, 3.05) is 59.0 Å². The predicted octanol–water partition coefficient (Wildman–Crippen LogP) is 2.31. The van der Waals surface area contributed by atoms with Crippen molar-refractivity contribution in [2.45, 2.75) is 40.3 Å². The Balaban J connectivity index is 1.80. The van der Waals surface area contributed by atoms with Crippen molar-refractivity contribution >= 4 is 5.96 Å². The SMILES string of the molecule is CCNC(=NCc1cccc(CN(CC)CC)c1)NCCCN1CCOCC1. The first-order valence-corrected chi connectivity index (χ1v) is 10.9. The second kappa shape index (κ2) is 13.5. The van der Waals surface area contributed by atoms with E-state index in [1.165, 1.54) is 11.1 Å². The Kier molecular flexibility index (Phi) is 10.9. The minimum atomic E-state index is 0.699. The smallest absolute Gasteiger partial charge is 0.191 e. The van der Waals surface area contributed by atoms with Gasteiger partial charge in [-0.15, -0.1) is 0 Å². The van der Waals surface area contributed by atoms with Crippen LogP contribution in [0, 0.1) is 0 Å². The van der Waals surface area contributed by atoms with E-state index in [1.807, 2.05) is 0 Å². The van der Waals surface area contributed by atoms with Crippen LogP contribution < -0.4 is 10.6 Å². The fourth-order valence-corrected chi connectivity index (χ4v) is 3.38. The minimum absolute atomic E-state index is 0.699. The topological polar surface area (TPSA) is 52.1 Å². The highest BCUT2D eigenvalue weighted by atomic mass is 16.5. The molecule has 1 aromatic carbocycles. The average molecular weight is 390 g/mol. The van der Waals surface area contributed by atoms with E-state index in [1.54, 1.807) is 0 Å². The molecule has 1 saturated heterocycles. The molecule has 0 saturated carbocycles. The lowest BCUT2D eigenvalue weighted by atomic mass is 10.1. The van der Waals surface area contributed by atoms with Crippen molar-refractivity contribution in [1.82, 2.24) is 20.4 Å². The molecule has 2 N–H and O–H groups in total. The van der Waals surface area contributed by atoms with Crippen LogP contribution in [-0.4, -0.2) is 74.8 Å². The largest absolute Gasteiger partial charge is 0.379 e. The molecule has 6 heteroatoms. The van der Waals surface area contributed by atoms with Crippen LogP contribution in [0.3, 0.4) is 0 Å². The molecular formula is C22H39N5O. The van der Waals surface area contributed by atoms with Gasteiger partial charge in [-0.2, -0.15) is 0 Å². The van der Waals surface area contributed by atoms with E-state index in [-0.39, 0.29) is 0 Å². The number of aliphatic imine (C=N–C) groups is 1. The Morgan fingerprint density at radius 3 is 2.57 bits per heavy atom. The van der Waals surface area contributed by atoms with Crippen LogP contribution in [0.25, 0.3) is 0 Å². The average Bonchev–Trinajstić information content (AvgIpc) is 2.74. The van der Waals surface area contributed by atoms with Crippen molar-refractivity contribution in [3.63, 3.8) is 0 Å². The van der Waals surface area contributed by atoms with Gasteiger partial charge in [0, 0.05) is 32.7 Å². The highest BCUT2D eigenvalue weighted by Gasteiger charge is 2.09. The van der Waals surface area contributed by atoms with E-state index < -0.39 is 0 Å². The first-order chi connectivity index (χ1) is 13.7. The van der Waals surface area contributed by atoms with E-state index >= 15 is 0 Å².